The van der Waals surface area contributed by atoms with Gasteiger partial charge in [-0.1, -0.05) is 25.7 Å². The third-order valence-corrected chi connectivity index (χ3v) is 10.3. The van der Waals surface area contributed by atoms with Gasteiger partial charge < -0.3 is 24.4 Å². The van der Waals surface area contributed by atoms with Crippen molar-refractivity contribution in [3.63, 3.8) is 0 Å². The minimum Gasteiger partial charge on any atom is -0.461 e. The maximum atomic E-state index is 14.3. The first-order valence-electron chi connectivity index (χ1n) is 12.9. The molecule has 1 spiro atoms. The van der Waals surface area contributed by atoms with Crippen LogP contribution in [0.4, 0.5) is 0 Å². The van der Waals surface area contributed by atoms with Gasteiger partial charge in [0, 0.05) is 38.0 Å². The number of amides is 2. The molecule has 200 valence electrons. The van der Waals surface area contributed by atoms with Crippen LogP contribution >= 0.6 is 11.8 Å². The predicted molar refractivity (Wildman–Crippen MR) is 137 cm³/mol. The summed E-state index contributed by atoms with van der Waals surface area (Å²) in [4.78, 5) is 47.0. The van der Waals surface area contributed by atoms with Crippen molar-refractivity contribution in [3.05, 3.63) is 25.3 Å². The molecule has 4 heterocycles. The summed E-state index contributed by atoms with van der Waals surface area (Å²) in [5.41, 5.74) is 0. The van der Waals surface area contributed by atoms with Crippen LogP contribution in [-0.4, -0.2) is 119 Å². The number of nitrogens with zero attached hydrogens (tertiary/aromatic N) is 3. The van der Waals surface area contributed by atoms with Crippen LogP contribution in [0.15, 0.2) is 25.3 Å². The standard InChI is InChI=1S/C26H39N3O6S/c1-5-7-28(9-8-27-10-13-34-14-11-27)24(32)22-26-17(3)15-19(36-26)20(25(33)35-12-6-2)21(26)23(31)29(22)18(4)16-30/h5-6,17-22,30H,1-2,7-16H2,3-4H3/t17?,18-,19+,20-,21+,22?,26?/m1/s1. The average molecular weight is 522 g/mol. The van der Waals surface area contributed by atoms with Crippen molar-refractivity contribution in [3.8, 4) is 0 Å². The number of thioether (sulfide) groups is 1. The van der Waals surface area contributed by atoms with Crippen molar-refractivity contribution in [2.75, 3.05) is 59.2 Å². The monoisotopic (exact) mass is 521 g/mol. The molecule has 2 bridgehead atoms. The molecule has 4 aliphatic heterocycles. The molecule has 0 aromatic carbocycles. The molecule has 10 heteroatoms. The quantitative estimate of drug-likeness (QED) is 0.315. The molecule has 0 saturated carbocycles. The molecular weight excluding hydrogens is 482 g/mol. The summed E-state index contributed by atoms with van der Waals surface area (Å²) in [6, 6.07) is -1.31. The fraction of sp³-hybridized carbons (Fsp3) is 0.731. The number of rotatable bonds is 11. The molecule has 0 aromatic rings. The smallest absolute Gasteiger partial charge is 0.311 e. The second kappa shape index (κ2) is 11.2. The summed E-state index contributed by atoms with van der Waals surface area (Å²) in [5.74, 6) is -1.98. The van der Waals surface area contributed by atoms with Crippen LogP contribution in [0.2, 0.25) is 0 Å². The van der Waals surface area contributed by atoms with Gasteiger partial charge in [-0.05, 0) is 19.3 Å². The highest BCUT2D eigenvalue weighted by molar-refractivity contribution is 8.02. The van der Waals surface area contributed by atoms with Crippen LogP contribution in [0.1, 0.15) is 20.3 Å². The third-order valence-electron chi connectivity index (χ3n) is 8.22. The minimum absolute atomic E-state index is 0.0552. The van der Waals surface area contributed by atoms with Crippen molar-refractivity contribution in [1.82, 2.24) is 14.7 Å². The van der Waals surface area contributed by atoms with E-state index >= 15 is 0 Å². The number of aliphatic hydroxyl groups excluding tert-OH is 1. The highest BCUT2D eigenvalue weighted by atomic mass is 32.2. The van der Waals surface area contributed by atoms with Gasteiger partial charge in [0.25, 0.3) is 0 Å². The Morgan fingerprint density at radius 1 is 1.33 bits per heavy atom. The van der Waals surface area contributed by atoms with Gasteiger partial charge in [-0.3, -0.25) is 19.3 Å². The van der Waals surface area contributed by atoms with Gasteiger partial charge in [0.15, 0.2) is 0 Å². The molecule has 3 unspecified atom stereocenters. The van der Waals surface area contributed by atoms with Gasteiger partial charge in [-0.2, -0.15) is 0 Å². The molecule has 4 saturated heterocycles. The maximum absolute atomic E-state index is 14.3. The van der Waals surface area contributed by atoms with E-state index in [0.717, 1.165) is 19.5 Å². The maximum Gasteiger partial charge on any atom is 0.311 e. The van der Waals surface area contributed by atoms with E-state index in [-0.39, 0.29) is 36.2 Å². The summed E-state index contributed by atoms with van der Waals surface area (Å²) >= 11 is 1.61. The first kappa shape index (κ1) is 27.2. The van der Waals surface area contributed by atoms with Crippen LogP contribution in [-0.2, 0) is 23.9 Å². The number of morpholine rings is 1. The summed E-state index contributed by atoms with van der Waals surface area (Å²) < 4.78 is 10.1. The van der Waals surface area contributed by atoms with Gasteiger partial charge in [-0.15, -0.1) is 18.3 Å². The molecule has 0 radical (unpaired) electrons. The molecule has 4 rings (SSSR count). The van der Waals surface area contributed by atoms with E-state index < -0.39 is 34.6 Å². The Labute approximate surface area is 217 Å². The largest absolute Gasteiger partial charge is 0.461 e. The predicted octanol–water partition coefficient (Wildman–Crippen LogP) is 0.780. The van der Waals surface area contributed by atoms with Crippen LogP contribution < -0.4 is 0 Å². The van der Waals surface area contributed by atoms with Crippen LogP contribution in [0, 0.1) is 17.8 Å². The topological polar surface area (TPSA) is 99.6 Å². The number of hydrogen-bond acceptors (Lipinski definition) is 8. The second-order valence-electron chi connectivity index (χ2n) is 10.3. The van der Waals surface area contributed by atoms with Crippen LogP contribution in [0.5, 0.6) is 0 Å². The minimum atomic E-state index is -0.760. The van der Waals surface area contributed by atoms with Gasteiger partial charge in [-0.25, -0.2) is 0 Å². The van der Waals surface area contributed by atoms with Gasteiger partial charge in [0.2, 0.25) is 11.8 Å². The lowest BCUT2D eigenvalue weighted by atomic mass is 9.66. The van der Waals surface area contributed by atoms with E-state index in [1.54, 1.807) is 34.6 Å². The number of ether oxygens (including phenoxy) is 2. The Hall–Kier alpha value is -1.88. The number of carbonyl (C=O) groups is 3. The number of likely N-dealkylation sites (tertiary alicyclic amines) is 1. The highest BCUT2D eigenvalue weighted by Gasteiger charge is 2.76. The normalized spacial score (nSPS) is 34.4. The molecule has 7 atom stereocenters. The molecule has 9 nitrogen and oxygen atoms in total. The highest BCUT2D eigenvalue weighted by Crippen LogP contribution is 2.69. The summed E-state index contributed by atoms with van der Waals surface area (Å²) in [7, 11) is 0. The molecular formula is C26H39N3O6S. The first-order chi connectivity index (χ1) is 17.3. The van der Waals surface area contributed by atoms with E-state index in [1.165, 1.54) is 6.08 Å². The lowest BCUT2D eigenvalue weighted by Gasteiger charge is -2.41. The summed E-state index contributed by atoms with van der Waals surface area (Å²) in [5, 5.41) is 9.98. The summed E-state index contributed by atoms with van der Waals surface area (Å²) in [6.45, 7) is 15.7. The van der Waals surface area contributed by atoms with Gasteiger partial charge in [0.1, 0.15) is 12.6 Å². The van der Waals surface area contributed by atoms with E-state index in [9.17, 15) is 19.5 Å². The number of aliphatic hydroxyl groups is 1. The van der Waals surface area contributed by atoms with E-state index in [1.807, 2.05) is 0 Å². The Morgan fingerprint density at radius 2 is 2.06 bits per heavy atom. The number of hydrogen-bond donors (Lipinski definition) is 1. The SMILES string of the molecule is C=CCOC(=O)[C@@H]1[C@@H]2CC(C)C3(S2)C(C(=O)N(CC=C)CCN2CCOCC2)N([C@H](C)CO)C(=O)[C@H]13. The second-order valence-corrected chi connectivity index (χ2v) is 11.8. The fourth-order valence-electron chi connectivity index (χ4n) is 6.51. The zero-order valence-electron chi connectivity index (χ0n) is 21.3. The Morgan fingerprint density at radius 3 is 2.69 bits per heavy atom. The van der Waals surface area contributed by atoms with Crippen molar-refractivity contribution >= 4 is 29.5 Å². The molecule has 36 heavy (non-hydrogen) atoms. The Kier molecular flexibility index (Phi) is 8.49. The number of esters is 1. The Balaban J connectivity index is 1.66. The number of carbonyl (C=O) groups excluding carboxylic acids is 3. The zero-order valence-corrected chi connectivity index (χ0v) is 22.2. The van der Waals surface area contributed by atoms with E-state index in [4.69, 9.17) is 9.47 Å². The van der Waals surface area contributed by atoms with Gasteiger partial charge in [0.05, 0.1) is 42.4 Å². The van der Waals surface area contributed by atoms with E-state index in [0.29, 0.717) is 32.8 Å². The van der Waals surface area contributed by atoms with Gasteiger partial charge >= 0.3 is 5.97 Å². The summed E-state index contributed by atoms with van der Waals surface area (Å²) in [6.07, 6.45) is 3.96. The average Bonchev–Trinajstić information content (AvgIpc) is 3.48. The van der Waals surface area contributed by atoms with Crippen molar-refractivity contribution in [2.24, 2.45) is 17.8 Å². The lowest BCUT2D eigenvalue weighted by Crippen LogP contribution is -2.59. The zero-order chi connectivity index (χ0) is 26.0. The molecule has 2 amide bonds. The molecule has 1 N–H and O–H groups in total. The van der Waals surface area contributed by atoms with Crippen molar-refractivity contribution in [1.29, 1.82) is 0 Å². The first-order valence-corrected chi connectivity index (χ1v) is 13.8. The Bertz CT molecular complexity index is 880. The third kappa shape index (κ3) is 4.50. The van der Waals surface area contributed by atoms with Crippen molar-refractivity contribution in [2.45, 2.75) is 42.3 Å². The van der Waals surface area contributed by atoms with Crippen molar-refractivity contribution < 1.29 is 29.0 Å². The molecule has 0 aliphatic carbocycles. The fourth-order valence-corrected chi connectivity index (χ4v) is 8.90. The lowest BCUT2D eigenvalue weighted by molar-refractivity contribution is -0.153. The van der Waals surface area contributed by atoms with Crippen LogP contribution in [0.25, 0.3) is 0 Å². The van der Waals surface area contributed by atoms with E-state index in [2.05, 4.69) is 25.0 Å². The number of fused-ring (bicyclic) bond motifs is 1. The molecule has 4 fully saturated rings. The molecule has 4 aliphatic rings. The molecule has 0 aromatic heterocycles. The van der Waals surface area contributed by atoms with Crippen LogP contribution in [0.3, 0.4) is 0 Å².